The van der Waals surface area contributed by atoms with Gasteiger partial charge in [-0.1, -0.05) is 6.92 Å². The van der Waals surface area contributed by atoms with Gasteiger partial charge in [0.1, 0.15) is 11.7 Å². The highest BCUT2D eigenvalue weighted by atomic mass is 16.3. The summed E-state index contributed by atoms with van der Waals surface area (Å²) in [4.78, 5) is 26.5. The van der Waals surface area contributed by atoms with E-state index < -0.39 is 11.7 Å². The van der Waals surface area contributed by atoms with Crippen molar-refractivity contribution in [3.05, 3.63) is 33.2 Å². The highest BCUT2D eigenvalue weighted by Crippen LogP contribution is 2.26. The van der Waals surface area contributed by atoms with Crippen LogP contribution in [0.5, 0.6) is 0 Å². The smallest absolute Gasteiger partial charge is 0.263 e. The number of amides is 1. The molecular formula is C16H24N2O4. The second kappa shape index (κ2) is 5.85. The molecule has 1 aliphatic rings. The number of aromatic nitrogens is 1. The van der Waals surface area contributed by atoms with E-state index in [0.29, 0.717) is 24.9 Å². The van der Waals surface area contributed by atoms with Gasteiger partial charge >= 0.3 is 0 Å². The van der Waals surface area contributed by atoms with Crippen molar-refractivity contribution in [2.24, 2.45) is 7.05 Å². The fraction of sp³-hybridized carbons (Fsp3) is 0.625. The van der Waals surface area contributed by atoms with E-state index in [1.54, 1.807) is 27.0 Å². The summed E-state index contributed by atoms with van der Waals surface area (Å²) in [6.45, 7) is 5.73. The molecule has 1 aromatic rings. The number of nitrogens with zero attached hydrogens (tertiary/aromatic N) is 2. The molecule has 1 saturated heterocycles. The van der Waals surface area contributed by atoms with Crippen LogP contribution in [0.1, 0.15) is 41.4 Å². The van der Waals surface area contributed by atoms with Crippen molar-refractivity contribution in [3.8, 4) is 0 Å². The number of carbonyl (C=O) groups excluding carboxylic acids is 1. The zero-order chi connectivity index (χ0) is 16.7. The van der Waals surface area contributed by atoms with Crippen molar-refractivity contribution in [2.75, 3.05) is 13.1 Å². The van der Waals surface area contributed by atoms with E-state index >= 15 is 0 Å². The molecule has 22 heavy (non-hydrogen) atoms. The fourth-order valence-electron chi connectivity index (χ4n) is 2.96. The zero-order valence-electron chi connectivity index (χ0n) is 13.6. The monoisotopic (exact) mass is 308 g/mol. The molecule has 6 nitrogen and oxygen atoms in total. The van der Waals surface area contributed by atoms with Gasteiger partial charge < -0.3 is 19.7 Å². The number of carbonyl (C=O) groups is 1. The number of aliphatic hydroxyl groups excluding tert-OH is 1. The second-order valence-electron chi connectivity index (χ2n) is 6.18. The van der Waals surface area contributed by atoms with E-state index in [2.05, 4.69) is 0 Å². The van der Waals surface area contributed by atoms with Crippen LogP contribution in [0.4, 0.5) is 0 Å². The van der Waals surface area contributed by atoms with Crippen molar-refractivity contribution in [1.82, 2.24) is 9.47 Å². The lowest BCUT2D eigenvalue weighted by molar-refractivity contribution is -0.114. The largest absolute Gasteiger partial charge is 0.388 e. The highest BCUT2D eigenvalue weighted by Gasteiger charge is 2.41. The SMILES string of the molecule is CC[C@@]1(O)CCN(C(=O)c2c(C)cc(C)n(C)c2=O)C[C@H]1O. The van der Waals surface area contributed by atoms with Crippen LogP contribution in [-0.2, 0) is 7.05 Å². The summed E-state index contributed by atoms with van der Waals surface area (Å²) < 4.78 is 1.45. The first kappa shape index (κ1) is 16.7. The van der Waals surface area contributed by atoms with Gasteiger partial charge in [0.15, 0.2) is 0 Å². The molecule has 1 aliphatic heterocycles. The van der Waals surface area contributed by atoms with E-state index in [-0.39, 0.29) is 23.6 Å². The summed E-state index contributed by atoms with van der Waals surface area (Å²) in [6.07, 6.45) is -0.256. The van der Waals surface area contributed by atoms with Gasteiger partial charge in [-0.3, -0.25) is 9.59 Å². The number of β-amino-alcohol motifs (C(OH)–C–C–N with tert-alkyl or cyclic N) is 1. The summed E-state index contributed by atoms with van der Waals surface area (Å²) >= 11 is 0. The molecule has 2 N–H and O–H groups in total. The molecule has 2 rings (SSSR count). The van der Waals surface area contributed by atoms with E-state index in [1.807, 2.05) is 6.92 Å². The number of pyridine rings is 1. The van der Waals surface area contributed by atoms with Gasteiger partial charge in [-0.15, -0.1) is 0 Å². The number of hydrogen-bond acceptors (Lipinski definition) is 4. The number of hydrogen-bond donors (Lipinski definition) is 2. The molecule has 1 amide bonds. The molecule has 1 aromatic heterocycles. The number of likely N-dealkylation sites (tertiary alicyclic amines) is 1. The molecule has 0 bridgehead atoms. The molecule has 0 spiro atoms. The Balaban J connectivity index is 2.32. The second-order valence-corrected chi connectivity index (χ2v) is 6.18. The van der Waals surface area contributed by atoms with Gasteiger partial charge in [0.05, 0.1) is 5.60 Å². The van der Waals surface area contributed by atoms with Gasteiger partial charge in [-0.05, 0) is 38.3 Å². The normalized spacial score (nSPS) is 25.4. The predicted molar refractivity (Wildman–Crippen MR) is 82.9 cm³/mol. The summed E-state index contributed by atoms with van der Waals surface area (Å²) in [5, 5.41) is 20.4. The van der Waals surface area contributed by atoms with Crippen molar-refractivity contribution < 1.29 is 15.0 Å². The third-order valence-corrected chi connectivity index (χ3v) is 4.81. The lowest BCUT2D eigenvalue weighted by atomic mass is 9.86. The molecule has 6 heteroatoms. The number of rotatable bonds is 2. The molecule has 0 aromatic carbocycles. The number of aryl methyl sites for hydroxylation is 2. The molecule has 2 atom stereocenters. The highest BCUT2D eigenvalue weighted by molar-refractivity contribution is 5.95. The van der Waals surface area contributed by atoms with E-state index in [0.717, 1.165) is 5.69 Å². The average Bonchev–Trinajstić information content (AvgIpc) is 2.47. The summed E-state index contributed by atoms with van der Waals surface area (Å²) in [6, 6.07) is 1.80. The van der Waals surface area contributed by atoms with Crippen LogP contribution in [0.3, 0.4) is 0 Å². The Morgan fingerprint density at radius 1 is 1.45 bits per heavy atom. The van der Waals surface area contributed by atoms with Gasteiger partial charge in [0.2, 0.25) is 0 Å². The first-order valence-corrected chi connectivity index (χ1v) is 7.58. The third-order valence-electron chi connectivity index (χ3n) is 4.81. The van der Waals surface area contributed by atoms with Crippen LogP contribution in [0.15, 0.2) is 10.9 Å². The van der Waals surface area contributed by atoms with Crippen LogP contribution >= 0.6 is 0 Å². The van der Waals surface area contributed by atoms with Crippen LogP contribution in [-0.4, -0.2) is 50.4 Å². The maximum Gasteiger partial charge on any atom is 0.263 e. The van der Waals surface area contributed by atoms with E-state index in [9.17, 15) is 19.8 Å². The number of piperidine rings is 1. The van der Waals surface area contributed by atoms with Crippen molar-refractivity contribution >= 4 is 5.91 Å². The van der Waals surface area contributed by atoms with Crippen molar-refractivity contribution in [2.45, 2.75) is 45.3 Å². The third kappa shape index (κ3) is 2.68. The minimum Gasteiger partial charge on any atom is -0.388 e. The lowest BCUT2D eigenvalue weighted by Gasteiger charge is -2.41. The van der Waals surface area contributed by atoms with Crippen molar-refractivity contribution in [3.63, 3.8) is 0 Å². The van der Waals surface area contributed by atoms with Crippen LogP contribution in [0.25, 0.3) is 0 Å². The fourth-order valence-corrected chi connectivity index (χ4v) is 2.96. The zero-order valence-corrected chi connectivity index (χ0v) is 13.6. The first-order chi connectivity index (χ1) is 10.2. The summed E-state index contributed by atoms with van der Waals surface area (Å²) in [5.41, 5.74) is 0.0920. The maximum atomic E-state index is 12.7. The Morgan fingerprint density at radius 3 is 2.64 bits per heavy atom. The average molecular weight is 308 g/mol. The molecule has 0 radical (unpaired) electrons. The van der Waals surface area contributed by atoms with Crippen LogP contribution in [0.2, 0.25) is 0 Å². The van der Waals surface area contributed by atoms with Gasteiger partial charge in [0, 0.05) is 25.8 Å². The molecule has 0 saturated carbocycles. The molecular weight excluding hydrogens is 284 g/mol. The molecule has 122 valence electrons. The quantitative estimate of drug-likeness (QED) is 0.826. The Kier molecular flexibility index (Phi) is 4.44. The van der Waals surface area contributed by atoms with Crippen molar-refractivity contribution in [1.29, 1.82) is 0 Å². The standard InChI is InChI=1S/C16H24N2O4/c1-5-16(22)6-7-18(9-12(16)19)15(21)13-10(2)8-11(3)17(4)14(13)20/h8,12,19,22H,5-7,9H2,1-4H3/t12-,16-/m1/s1. The molecule has 0 aliphatic carbocycles. The molecule has 0 unspecified atom stereocenters. The minimum absolute atomic E-state index is 0.0413. The molecule has 2 heterocycles. The summed E-state index contributed by atoms with van der Waals surface area (Å²) in [5.74, 6) is -0.379. The summed E-state index contributed by atoms with van der Waals surface area (Å²) in [7, 11) is 1.63. The lowest BCUT2D eigenvalue weighted by Crippen LogP contribution is -2.57. The predicted octanol–water partition coefficient (Wildman–Crippen LogP) is 0.350. The van der Waals surface area contributed by atoms with Crippen LogP contribution < -0.4 is 5.56 Å². The maximum absolute atomic E-state index is 12.7. The topological polar surface area (TPSA) is 82.8 Å². The van der Waals surface area contributed by atoms with Crippen LogP contribution in [0, 0.1) is 13.8 Å². The Bertz CT molecular complexity index is 652. The number of aliphatic hydroxyl groups is 2. The van der Waals surface area contributed by atoms with Gasteiger partial charge in [-0.2, -0.15) is 0 Å². The Labute approximate surface area is 130 Å². The van der Waals surface area contributed by atoms with Gasteiger partial charge in [-0.25, -0.2) is 0 Å². The van der Waals surface area contributed by atoms with Gasteiger partial charge in [0.25, 0.3) is 11.5 Å². The Morgan fingerprint density at radius 2 is 2.09 bits per heavy atom. The minimum atomic E-state index is -1.15. The first-order valence-electron chi connectivity index (χ1n) is 7.58. The molecule has 1 fully saturated rings. The van der Waals surface area contributed by atoms with E-state index in [4.69, 9.17) is 0 Å². The van der Waals surface area contributed by atoms with E-state index in [1.165, 1.54) is 9.47 Å². The Hall–Kier alpha value is -1.66.